The summed E-state index contributed by atoms with van der Waals surface area (Å²) in [5, 5.41) is 9.25. The number of carboxylic acid groups (broad SMARTS) is 1. The molecule has 1 saturated heterocycles. The lowest BCUT2D eigenvalue weighted by Gasteiger charge is -2.31. The molecular formula is C17H25ClN2O2. The highest BCUT2D eigenvalue weighted by molar-refractivity contribution is 5.88. The summed E-state index contributed by atoms with van der Waals surface area (Å²) in [7, 11) is 0. The van der Waals surface area contributed by atoms with Crippen molar-refractivity contribution in [2.24, 2.45) is 5.92 Å². The van der Waals surface area contributed by atoms with Crippen LogP contribution in [0.2, 0.25) is 0 Å². The molecule has 0 radical (unpaired) electrons. The van der Waals surface area contributed by atoms with E-state index in [-0.39, 0.29) is 12.4 Å². The second-order valence-electron chi connectivity index (χ2n) is 6.45. The van der Waals surface area contributed by atoms with Gasteiger partial charge < -0.3 is 10.0 Å². The van der Waals surface area contributed by atoms with E-state index in [1.54, 1.807) is 18.3 Å². The maximum Gasteiger partial charge on any atom is 0.337 e. The fraction of sp³-hybridized carbons (Fsp3) is 0.647. The first-order chi connectivity index (χ1) is 10.2. The van der Waals surface area contributed by atoms with Crippen molar-refractivity contribution in [3.63, 3.8) is 0 Å². The van der Waals surface area contributed by atoms with Crippen molar-refractivity contribution < 1.29 is 9.90 Å². The molecule has 122 valence electrons. The van der Waals surface area contributed by atoms with Gasteiger partial charge in [0.2, 0.25) is 0 Å². The van der Waals surface area contributed by atoms with Crippen LogP contribution < -0.4 is 0 Å². The minimum absolute atomic E-state index is 0. The van der Waals surface area contributed by atoms with Crippen LogP contribution in [-0.4, -0.2) is 40.1 Å². The molecule has 22 heavy (non-hydrogen) atoms. The van der Waals surface area contributed by atoms with Gasteiger partial charge in [-0.15, -0.1) is 12.4 Å². The second-order valence-corrected chi connectivity index (χ2v) is 6.45. The minimum atomic E-state index is -0.861. The number of aromatic carboxylic acids is 1. The minimum Gasteiger partial charge on any atom is -0.478 e. The number of halogens is 1. The summed E-state index contributed by atoms with van der Waals surface area (Å²) in [6.45, 7) is 2.28. The number of nitrogens with zero attached hydrogens (tertiary/aromatic N) is 2. The molecule has 1 aromatic heterocycles. The molecule has 0 amide bonds. The molecule has 1 unspecified atom stereocenters. The third-order valence-electron chi connectivity index (χ3n) is 5.01. The molecule has 1 aliphatic carbocycles. The molecule has 0 spiro atoms. The SMILES string of the molecule is Cl.O=C(O)c1cccnc1CC1CCN(C2CCCCC2)C1. The van der Waals surface area contributed by atoms with Crippen LogP contribution in [0.15, 0.2) is 18.3 Å². The Kier molecular flexibility index (Phi) is 6.21. The van der Waals surface area contributed by atoms with Crippen LogP contribution in [0.3, 0.4) is 0 Å². The Labute approximate surface area is 138 Å². The van der Waals surface area contributed by atoms with Gasteiger partial charge in [-0.05, 0) is 50.3 Å². The molecule has 4 nitrogen and oxygen atoms in total. The maximum atomic E-state index is 11.3. The third-order valence-corrected chi connectivity index (χ3v) is 5.01. The molecule has 1 N–H and O–H groups in total. The fourth-order valence-electron chi connectivity index (χ4n) is 3.88. The van der Waals surface area contributed by atoms with Gasteiger partial charge in [0.15, 0.2) is 0 Å². The average Bonchev–Trinajstić information content (AvgIpc) is 2.97. The first-order valence-corrected chi connectivity index (χ1v) is 8.15. The summed E-state index contributed by atoms with van der Waals surface area (Å²) in [5.74, 6) is -0.305. The number of hydrogen-bond acceptors (Lipinski definition) is 3. The van der Waals surface area contributed by atoms with E-state index in [9.17, 15) is 9.90 Å². The van der Waals surface area contributed by atoms with Crippen LogP contribution in [0.25, 0.3) is 0 Å². The smallest absolute Gasteiger partial charge is 0.337 e. The van der Waals surface area contributed by atoms with Crippen molar-refractivity contribution in [2.45, 2.75) is 51.0 Å². The fourth-order valence-corrected chi connectivity index (χ4v) is 3.88. The van der Waals surface area contributed by atoms with Gasteiger partial charge in [-0.1, -0.05) is 19.3 Å². The van der Waals surface area contributed by atoms with E-state index in [2.05, 4.69) is 9.88 Å². The summed E-state index contributed by atoms with van der Waals surface area (Å²) in [4.78, 5) is 18.2. The molecule has 1 atom stereocenters. The molecule has 0 bridgehead atoms. The van der Waals surface area contributed by atoms with E-state index in [4.69, 9.17) is 0 Å². The first kappa shape index (κ1) is 17.2. The molecule has 0 aromatic carbocycles. The summed E-state index contributed by atoms with van der Waals surface area (Å²) in [6.07, 6.45) is 10.5. The zero-order valence-electron chi connectivity index (χ0n) is 12.9. The largest absolute Gasteiger partial charge is 0.478 e. The van der Waals surface area contributed by atoms with E-state index in [0.717, 1.165) is 24.7 Å². The molecule has 1 saturated carbocycles. The van der Waals surface area contributed by atoms with Crippen LogP contribution in [0, 0.1) is 5.92 Å². The number of carboxylic acids is 1. The van der Waals surface area contributed by atoms with Crippen LogP contribution in [0.5, 0.6) is 0 Å². The zero-order chi connectivity index (χ0) is 14.7. The van der Waals surface area contributed by atoms with Crippen molar-refractivity contribution in [1.82, 2.24) is 9.88 Å². The topological polar surface area (TPSA) is 53.4 Å². The van der Waals surface area contributed by atoms with Crippen LogP contribution in [-0.2, 0) is 6.42 Å². The van der Waals surface area contributed by atoms with E-state index in [1.807, 2.05) is 0 Å². The van der Waals surface area contributed by atoms with Crippen molar-refractivity contribution in [2.75, 3.05) is 13.1 Å². The Balaban J connectivity index is 0.00000176. The maximum absolute atomic E-state index is 11.3. The Morgan fingerprint density at radius 2 is 2.05 bits per heavy atom. The summed E-state index contributed by atoms with van der Waals surface area (Å²) in [5.41, 5.74) is 1.12. The molecule has 2 heterocycles. The van der Waals surface area contributed by atoms with Crippen molar-refractivity contribution in [3.05, 3.63) is 29.6 Å². The van der Waals surface area contributed by atoms with Gasteiger partial charge in [0.05, 0.1) is 11.3 Å². The summed E-state index contributed by atoms with van der Waals surface area (Å²) >= 11 is 0. The molecule has 1 aromatic rings. The van der Waals surface area contributed by atoms with Crippen molar-refractivity contribution in [3.8, 4) is 0 Å². The molecule has 1 aliphatic heterocycles. The monoisotopic (exact) mass is 324 g/mol. The number of rotatable bonds is 4. The van der Waals surface area contributed by atoms with Gasteiger partial charge in [-0.2, -0.15) is 0 Å². The van der Waals surface area contributed by atoms with E-state index in [0.29, 0.717) is 11.5 Å². The molecule has 2 fully saturated rings. The Bertz CT molecular complexity index is 503. The van der Waals surface area contributed by atoms with Gasteiger partial charge >= 0.3 is 5.97 Å². The highest BCUT2D eigenvalue weighted by atomic mass is 35.5. The van der Waals surface area contributed by atoms with Gasteiger partial charge in [0, 0.05) is 18.8 Å². The zero-order valence-corrected chi connectivity index (χ0v) is 13.7. The van der Waals surface area contributed by atoms with E-state index in [1.165, 1.54) is 45.1 Å². The van der Waals surface area contributed by atoms with Gasteiger partial charge in [0.1, 0.15) is 0 Å². The van der Waals surface area contributed by atoms with Crippen molar-refractivity contribution in [1.29, 1.82) is 0 Å². The average molecular weight is 325 g/mol. The first-order valence-electron chi connectivity index (χ1n) is 8.15. The van der Waals surface area contributed by atoms with Crippen LogP contribution in [0.1, 0.15) is 54.6 Å². The number of pyridine rings is 1. The van der Waals surface area contributed by atoms with Gasteiger partial charge in [-0.25, -0.2) is 4.79 Å². The normalized spacial score (nSPS) is 23.2. The molecule has 3 rings (SSSR count). The van der Waals surface area contributed by atoms with Gasteiger partial charge in [-0.3, -0.25) is 4.98 Å². The summed E-state index contributed by atoms with van der Waals surface area (Å²) < 4.78 is 0. The van der Waals surface area contributed by atoms with Gasteiger partial charge in [0.25, 0.3) is 0 Å². The quantitative estimate of drug-likeness (QED) is 0.922. The highest BCUT2D eigenvalue weighted by Crippen LogP contribution is 2.29. The molecule has 5 heteroatoms. The van der Waals surface area contributed by atoms with E-state index >= 15 is 0 Å². The van der Waals surface area contributed by atoms with Crippen LogP contribution in [0.4, 0.5) is 0 Å². The van der Waals surface area contributed by atoms with Crippen LogP contribution >= 0.6 is 12.4 Å². The lowest BCUT2D eigenvalue weighted by atomic mass is 9.94. The van der Waals surface area contributed by atoms with Crippen molar-refractivity contribution >= 4 is 18.4 Å². The lowest BCUT2D eigenvalue weighted by Crippen LogP contribution is -2.35. The molecular weight excluding hydrogens is 300 g/mol. The number of aromatic nitrogens is 1. The number of likely N-dealkylation sites (tertiary alicyclic amines) is 1. The third kappa shape index (κ3) is 3.99. The highest BCUT2D eigenvalue weighted by Gasteiger charge is 2.29. The second kappa shape index (κ2) is 7.93. The Hall–Kier alpha value is -1.13. The predicted octanol–water partition coefficient (Wildman–Crippen LogP) is 3.40. The summed E-state index contributed by atoms with van der Waals surface area (Å²) in [6, 6.07) is 4.14. The standard InChI is InChI=1S/C17H24N2O2.ClH/c20-17(21)15-7-4-9-18-16(15)11-13-8-10-19(12-13)14-5-2-1-3-6-14;/h4,7,9,13-14H,1-3,5-6,8,10-12H2,(H,20,21);1H. The predicted molar refractivity (Wildman–Crippen MR) is 88.7 cm³/mol. The number of hydrogen-bond donors (Lipinski definition) is 1. The van der Waals surface area contributed by atoms with E-state index < -0.39 is 5.97 Å². The molecule has 2 aliphatic rings. The number of carbonyl (C=O) groups is 1. The Morgan fingerprint density at radius 3 is 2.77 bits per heavy atom. The lowest BCUT2D eigenvalue weighted by molar-refractivity contribution is 0.0695. The Morgan fingerprint density at radius 1 is 1.27 bits per heavy atom.